The van der Waals surface area contributed by atoms with Crippen molar-refractivity contribution in [3.8, 4) is 0 Å². The molecular weight excluding hydrogens is 280 g/mol. The maximum atomic E-state index is 12.0. The van der Waals surface area contributed by atoms with Gasteiger partial charge in [0.05, 0.1) is 18.8 Å². The molecule has 3 N–H and O–H groups in total. The van der Waals surface area contributed by atoms with Crippen LogP contribution in [0.1, 0.15) is 36.0 Å². The van der Waals surface area contributed by atoms with E-state index in [-0.39, 0.29) is 18.1 Å². The minimum atomic E-state index is -0.573. The zero-order valence-corrected chi connectivity index (χ0v) is 12.7. The van der Waals surface area contributed by atoms with Crippen LogP contribution < -0.4 is 10.6 Å². The van der Waals surface area contributed by atoms with Crippen LogP contribution in [0.4, 0.5) is 0 Å². The Balaban J connectivity index is 1.46. The number of benzene rings is 1. The second-order valence-corrected chi connectivity index (χ2v) is 6.19. The third-order valence-corrected chi connectivity index (χ3v) is 4.59. The number of carbonyl (C=O) groups excluding carboxylic acids is 1. The fourth-order valence-electron chi connectivity index (χ4n) is 3.29. The first-order valence-corrected chi connectivity index (χ1v) is 8.13. The highest BCUT2D eigenvalue weighted by Gasteiger charge is 2.37. The predicted molar refractivity (Wildman–Crippen MR) is 83.7 cm³/mol. The molecule has 1 saturated heterocycles. The molecule has 3 rings (SSSR count). The number of aliphatic hydroxyl groups is 1. The topological polar surface area (TPSA) is 70.6 Å². The molecule has 120 valence electrons. The summed E-state index contributed by atoms with van der Waals surface area (Å²) >= 11 is 0. The van der Waals surface area contributed by atoms with Gasteiger partial charge in [0.25, 0.3) is 5.91 Å². The van der Waals surface area contributed by atoms with E-state index in [1.807, 2.05) is 18.2 Å². The SMILES string of the molecule is O=C(NC[C@H]1OC[C@@H](NC2CCCC2)[C@@H]1O)c1ccccc1. The zero-order chi connectivity index (χ0) is 15.4. The van der Waals surface area contributed by atoms with Crippen molar-refractivity contribution in [2.24, 2.45) is 0 Å². The Hall–Kier alpha value is -1.43. The molecule has 0 radical (unpaired) electrons. The maximum Gasteiger partial charge on any atom is 0.251 e. The van der Waals surface area contributed by atoms with Crippen molar-refractivity contribution in [3.05, 3.63) is 35.9 Å². The lowest BCUT2D eigenvalue weighted by Crippen LogP contribution is -2.47. The van der Waals surface area contributed by atoms with E-state index in [2.05, 4.69) is 10.6 Å². The summed E-state index contributed by atoms with van der Waals surface area (Å²) in [6, 6.07) is 9.55. The molecule has 2 aliphatic rings. The first-order chi connectivity index (χ1) is 10.7. The lowest BCUT2D eigenvalue weighted by atomic mass is 10.1. The van der Waals surface area contributed by atoms with E-state index in [4.69, 9.17) is 4.74 Å². The fraction of sp³-hybridized carbons (Fsp3) is 0.588. The van der Waals surface area contributed by atoms with Gasteiger partial charge in [-0.15, -0.1) is 0 Å². The van der Waals surface area contributed by atoms with E-state index in [1.54, 1.807) is 12.1 Å². The minimum absolute atomic E-state index is 0.0262. The molecular formula is C17H24N2O3. The number of rotatable bonds is 5. The van der Waals surface area contributed by atoms with Crippen LogP contribution in [0.2, 0.25) is 0 Å². The van der Waals surface area contributed by atoms with Gasteiger partial charge in [-0.1, -0.05) is 31.0 Å². The van der Waals surface area contributed by atoms with Crippen LogP contribution in [0.5, 0.6) is 0 Å². The molecule has 2 fully saturated rings. The second kappa shape index (κ2) is 7.22. The van der Waals surface area contributed by atoms with E-state index >= 15 is 0 Å². The minimum Gasteiger partial charge on any atom is -0.389 e. The van der Waals surface area contributed by atoms with Gasteiger partial charge in [0.15, 0.2) is 0 Å². The summed E-state index contributed by atoms with van der Waals surface area (Å²) in [4.78, 5) is 12.0. The van der Waals surface area contributed by atoms with Gasteiger partial charge in [0, 0.05) is 18.2 Å². The van der Waals surface area contributed by atoms with Gasteiger partial charge < -0.3 is 20.5 Å². The average Bonchev–Trinajstić information content (AvgIpc) is 3.18. The molecule has 0 aromatic heterocycles. The Morgan fingerprint density at radius 3 is 2.68 bits per heavy atom. The Bertz CT molecular complexity index is 488. The van der Waals surface area contributed by atoms with Crippen molar-refractivity contribution in [1.82, 2.24) is 10.6 Å². The van der Waals surface area contributed by atoms with Crippen molar-refractivity contribution in [2.45, 2.75) is 50.0 Å². The third kappa shape index (κ3) is 3.66. The average molecular weight is 304 g/mol. The molecule has 1 amide bonds. The van der Waals surface area contributed by atoms with Crippen LogP contribution in [0.3, 0.4) is 0 Å². The van der Waals surface area contributed by atoms with Gasteiger partial charge in [-0.2, -0.15) is 0 Å². The molecule has 5 nitrogen and oxygen atoms in total. The van der Waals surface area contributed by atoms with E-state index in [0.29, 0.717) is 24.8 Å². The van der Waals surface area contributed by atoms with E-state index in [9.17, 15) is 9.90 Å². The number of nitrogens with one attached hydrogen (secondary N) is 2. The number of hydrogen-bond acceptors (Lipinski definition) is 4. The van der Waals surface area contributed by atoms with Crippen molar-refractivity contribution in [1.29, 1.82) is 0 Å². The van der Waals surface area contributed by atoms with Gasteiger partial charge in [-0.05, 0) is 25.0 Å². The fourth-order valence-corrected chi connectivity index (χ4v) is 3.29. The lowest BCUT2D eigenvalue weighted by Gasteiger charge is -2.22. The summed E-state index contributed by atoms with van der Waals surface area (Å²) in [5, 5.41) is 16.7. The molecule has 22 heavy (non-hydrogen) atoms. The summed E-state index contributed by atoms with van der Waals surface area (Å²) in [6.07, 6.45) is 3.97. The van der Waals surface area contributed by atoms with Gasteiger partial charge in [0.2, 0.25) is 0 Å². The number of amides is 1. The Morgan fingerprint density at radius 2 is 1.95 bits per heavy atom. The molecule has 0 spiro atoms. The second-order valence-electron chi connectivity index (χ2n) is 6.19. The Kier molecular flexibility index (Phi) is 5.08. The number of carbonyl (C=O) groups is 1. The standard InChI is InChI=1S/C17H24N2O3/c20-16-14(19-13-8-4-5-9-13)11-22-15(16)10-18-17(21)12-6-2-1-3-7-12/h1-3,6-7,13-16,19-20H,4-5,8-11H2,(H,18,21)/t14-,15-,16+/m1/s1. The normalized spacial score (nSPS) is 28.9. The van der Waals surface area contributed by atoms with Crippen LogP contribution in [0.25, 0.3) is 0 Å². The van der Waals surface area contributed by atoms with Gasteiger partial charge in [0.1, 0.15) is 6.10 Å². The van der Waals surface area contributed by atoms with Crippen LogP contribution in [-0.2, 0) is 4.74 Å². The van der Waals surface area contributed by atoms with Crippen LogP contribution in [0, 0.1) is 0 Å². The predicted octanol–water partition coefficient (Wildman–Crippen LogP) is 1.08. The number of ether oxygens (including phenoxy) is 1. The molecule has 5 heteroatoms. The first kappa shape index (κ1) is 15.5. The van der Waals surface area contributed by atoms with Gasteiger partial charge in [-0.3, -0.25) is 4.79 Å². The maximum absolute atomic E-state index is 12.0. The van der Waals surface area contributed by atoms with Crippen LogP contribution in [-0.4, -0.2) is 48.5 Å². The quantitative estimate of drug-likeness (QED) is 0.761. The molecule has 1 aromatic carbocycles. The monoisotopic (exact) mass is 304 g/mol. The number of aliphatic hydroxyl groups excluding tert-OH is 1. The molecule has 1 aromatic rings. The molecule has 0 bridgehead atoms. The van der Waals surface area contributed by atoms with Gasteiger partial charge >= 0.3 is 0 Å². The third-order valence-electron chi connectivity index (χ3n) is 4.59. The van der Waals surface area contributed by atoms with E-state index in [0.717, 1.165) is 0 Å². The van der Waals surface area contributed by atoms with Gasteiger partial charge in [-0.25, -0.2) is 0 Å². The van der Waals surface area contributed by atoms with Crippen LogP contribution in [0.15, 0.2) is 30.3 Å². The largest absolute Gasteiger partial charge is 0.389 e. The molecule has 1 heterocycles. The molecule has 0 unspecified atom stereocenters. The van der Waals surface area contributed by atoms with E-state index in [1.165, 1.54) is 25.7 Å². The lowest BCUT2D eigenvalue weighted by molar-refractivity contribution is 0.0396. The highest BCUT2D eigenvalue weighted by atomic mass is 16.5. The molecule has 1 saturated carbocycles. The molecule has 1 aliphatic heterocycles. The highest BCUT2D eigenvalue weighted by Crippen LogP contribution is 2.21. The summed E-state index contributed by atoms with van der Waals surface area (Å²) in [6.45, 7) is 0.835. The van der Waals surface area contributed by atoms with Crippen molar-refractivity contribution in [2.75, 3.05) is 13.2 Å². The smallest absolute Gasteiger partial charge is 0.251 e. The van der Waals surface area contributed by atoms with Crippen molar-refractivity contribution >= 4 is 5.91 Å². The van der Waals surface area contributed by atoms with Crippen LogP contribution >= 0.6 is 0 Å². The Morgan fingerprint density at radius 1 is 1.23 bits per heavy atom. The number of hydrogen-bond donors (Lipinski definition) is 3. The van der Waals surface area contributed by atoms with E-state index < -0.39 is 6.10 Å². The van der Waals surface area contributed by atoms with Crippen molar-refractivity contribution in [3.63, 3.8) is 0 Å². The molecule has 1 aliphatic carbocycles. The molecule has 3 atom stereocenters. The highest BCUT2D eigenvalue weighted by molar-refractivity contribution is 5.94. The van der Waals surface area contributed by atoms with Crippen molar-refractivity contribution < 1.29 is 14.6 Å². The summed E-state index contributed by atoms with van der Waals surface area (Å²) in [7, 11) is 0. The summed E-state index contributed by atoms with van der Waals surface area (Å²) in [5.74, 6) is -0.136. The summed E-state index contributed by atoms with van der Waals surface area (Å²) < 4.78 is 5.65. The zero-order valence-electron chi connectivity index (χ0n) is 12.7. The summed E-state index contributed by atoms with van der Waals surface area (Å²) in [5.41, 5.74) is 0.621. The Labute approximate surface area is 131 Å². The first-order valence-electron chi connectivity index (χ1n) is 8.13.